The second-order valence-corrected chi connectivity index (χ2v) is 4.92. The minimum absolute atomic E-state index is 0.0848. The summed E-state index contributed by atoms with van der Waals surface area (Å²) < 4.78 is 15.8. The highest BCUT2D eigenvalue weighted by molar-refractivity contribution is 5.89. The summed E-state index contributed by atoms with van der Waals surface area (Å²) in [4.78, 5) is 14.0. The van der Waals surface area contributed by atoms with Gasteiger partial charge in [0.05, 0.1) is 6.10 Å². The van der Waals surface area contributed by atoms with Gasteiger partial charge in [-0.1, -0.05) is 0 Å². The normalized spacial score (nSPS) is 18.1. The van der Waals surface area contributed by atoms with Crippen molar-refractivity contribution < 1.29 is 19.0 Å². The summed E-state index contributed by atoms with van der Waals surface area (Å²) in [6, 6.07) is 5.31. The van der Waals surface area contributed by atoms with E-state index < -0.39 is 0 Å². The number of urea groups is 1. The topological polar surface area (TPSA) is 60.0 Å². The van der Waals surface area contributed by atoms with Crippen LogP contribution in [0.3, 0.4) is 0 Å². The lowest BCUT2D eigenvalue weighted by molar-refractivity contribution is 0.0521. The molecule has 2 heterocycles. The molecule has 1 N–H and O–H groups in total. The Morgan fingerprint density at radius 3 is 2.80 bits per heavy atom. The molecule has 1 aromatic carbocycles. The Labute approximate surface area is 117 Å². The molecule has 0 radical (unpaired) electrons. The van der Waals surface area contributed by atoms with Crippen molar-refractivity contribution in [1.29, 1.82) is 0 Å². The van der Waals surface area contributed by atoms with E-state index in [-0.39, 0.29) is 18.9 Å². The summed E-state index contributed by atoms with van der Waals surface area (Å²) in [6.07, 6.45) is 2.03. The van der Waals surface area contributed by atoms with Crippen molar-refractivity contribution in [3.8, 4) is 11.5 Å². The van der Waals surface area contributed by atoms with Gasteiger partial charge in [-0.25, -0.2) is 4.79 Å². The Kier molecular flexibility index (Phi) is 3.64. The van der Waals surface area contributed by atoms with E-state index in [1.165, 1.54) is 0 Å². The number of nitrogens with one attached hydrogen (secondary N) is 1. The molecule has 108 valence electrons. The number of benzene rings is 1. The molecule has 6 heteroatoms. The molecule has 0 saturated carbocycles. The number of amides is 2. The fourth-order valence-corrected chi connectivity index (χ4v) is 2.47. The average molecular weight is 278 g/mol. The average Bonchev–Trinajstić information content (AvgIpc) is 2.95. The molecule has 0 spiro atoms. The number of nitrogens with zero attached hydrogens (tertiary/aromatic N) is 1. The molecular formula is C14H18N2O4. The number of hydrogen-bond donors (Lipinski definition) is 1. The zero-order chi connectivity index (χ0) is 13.9. The summed E-state index contributed by atoms with van der Waals surface area (Å²) in [6.45, 7) is 1.67. The Bertz CT molecular complexity index is 498. The molecule has 0 atom stereocenters. The van der Waals surface area contributed by atoms with Crippen LogP contribution in [-0.2, 0) is 4.74 Å². The van der Waals surface area contributed by atoms with Crippen LogP contribution in [0.15, 0.2) is 18.2 Å². The quantitative estimate of drug-likeness (QED) is 0.899. The number of carbonyl (C=O) groups is 1. The second kappa shape index (κ2) is 5.58. The van der Waals surface area contributed by atoms with Gasteiger partial charge in [0.1, 0.15) is 0 Å². The molecular weight excluding hydrogens is 260 g/mol. The SMILES string of the molecule is COC1CCN(C(=O)Nc2ccc3c(c2)OCO3)CC1. The minimum atomic E-state index is -0.0848. The molecule has 1 saturated heterocycles. The molecule has 2 aliphatic heterocycles. The standard InChI is InChI=1S/C14H18N2O4/c1-18-11-4-6-16(7-5-11)14(17)15-10-2-3-12-13(8-10)20-9-19-12/h2-3,8,11H,4-7,9H2,1H3,(H,15,17). The fourth-order valence-electron chi connectivity index (χ4n) is 2.47. The highest BCUT2D eigenvalue weighted by Crippen LogP contribution is 2.34. The lowest BCUT2D eigenvalue weighted by atomic mass is 10.1. The number of carbonyl (C=O) groups excluding carboxylic acids is 1. The van der Waals surface area contributed by atoms with Crippen molar-refractivity contribution in [3.63, 3.8) is 0 Å². The first-order valence-electron chi connectivity index (χ1n) is 6.74. The first kappa shape index (κ1) is 13.1. The number of ether oxygens (including phenoxy) is 3. The van der Waals surface area contributed by atoms with Gasteiger partial charge in [-0.3, -0.25) is 0 Å². The van der Waals surface area contributed by atoms with E-state index in [1.54, 1.807) is 24.1 Å². The zero-order valence-electron chi connectivity index (χ0n) is 11.4. The van der Waals surface area contributed by atoms with Gasteiger partial charge < -0.3 is 24.4 Å². The third-order valence-electron chi connectivity index (χ3n) is 3.69. The molecule has 1 aromatic rings. The summed E-state index contributed by atoms with van der Waals surface area (Å²) in [5.41, 5.74) is 0.716. The van der Waals surface area contributed by atoms with Crippen LogP contribution in [0, 0.1) is 0 Å². The van der Waals surface area contributed by atoms with Crippen molar-refractivity contribution in [2.45, 2.75) is 18.9 Å². The van der Waals surface area contributed by atoms with Gasteiger partial charge in [-0.15, -0.1) is 0 Å². The van der Waals surface area contributed by atoms with Crippen LogP contribution in [0.4, 0.5) is 10.5 Å². The van der Waals surface area contributed by atoms with Crippen LogP contribution in [0.25, 0.3) is 0 Å². The molecule has 0 aromatic heterocycles. The molecule has 2 amide bonds. The molecule has 1 fully saturated rings. The molecule has 3 rings (SSSR count). The van der Waals surface area contributed by atoms with E-state index in [0.717, 1.165) is 25.9 Å². The lowest BCUT2D eigenvalue weighted by Crippen LogP contribution is -2.42. The Morgan fingerprint density at radius 2 is 2.05 bits per heavy atom. The van der Waals surface area contributed by atoms with Crippen LogP contribution in [0.2, 0.25) is 0 Å². The second-order valence-electron chi connectivity index (χ2n) is 4.92. The van der Waals surface area contributed by atoms with Gasteiger partial charge in [-0.2, -0.15) is 0 Å². The maximum atomic E-state index is 12.2. The predicted molar refractivity (Wildman–Crippen MR) is 73.2 cm³/mol. The van der Waals surface area contributed by atoms with Crippen molar-refractivity contribution in [2.24, 2.45) is 0 Å². The molecule has 0 aliphatic carbocycles. The third-order valence-corrected chi connectivity index (χ3v) is 3.69. The number of hydrogen-bond acceptors (Lipinski definition) is 4. The highest BCUT2D eigenvalue weighted by Gasteiger charge is 2.23. The van der Waals surface area contributed by atoms with Crippen molar-refractivity contribution >= 4 is 11.7 Å². The van der Waals surface area contributed by atoms with E-state index in [0.29, 0.717) is 17.2 Å². The van der Waals surface area contributed by atoms with Gasteiger partial charge in [0, 0.05) is 32.0 Å². The highest BCUT2D eigenvalue weighted by atomic mass is 16.7. The van der Waals surface area contributed by atoms with Gasteiger partial charge in [0.2, 0.25) is 6.79 Å². The van der Waals surface area contributed by atoms with Crippen LogP contribution in [-0.4, -0.2) is 44.0 Å². The maximum absolute atomic E-state index is 12.2. The lowest BCUT2D eigenvalue weighted by Gasteiger charge is -2.31. The van der Waals surface area contributed by atoms with E-state index in [1.807, 2.05) is 6.07 Å². The fraction of sp³-hybridized carbons (Fsp3) is 0.500. The van der Waals surface area contributed by atoms with E-state index in [4.69, 9.17) is 14.2 Å². The van der Waals surface area contributed by atoms with Gasteiger partial charge in [-0.05, 0) is 25.0 Å². The third kappa shape index (κ3) is 2.65. The Hall–Kier alpha value is -1.95. The molecule has 20 heavy (non-hydrogen) atoms. The Balaban J connectivity index is 1.59. The summed E-state index contributed by atoms with van der Waals surface area (Å²) in [5.74, 6) is 1.38. The zero-order valence-corrected chi connectivity index (χ0v) is 11.4. The number of likely N-dealkylation sites (tertiary alicyclic amines) is 1. The van der Waals surface area contributed by atoms with Crippen LogP contribution >= 0.6 is 0 Å². The van der Waals surface area contributed by atoms with E-state index >= 15 is 0 Å². The number of rotatable bonds is 2. The van der Waals surface area contributed by atoms with Crippen LogP contribution < -0.4 is 14.8 Å². The van der Waals surface area contributed by atoms with Gasteiger partial charge >= 0.3 is 6.03 Å². The monoisotopic (exact) mass is 278 g/mol. The predicted octanol–water partition coefficient (Wildman–Crippen LogP) is 2.06. The van der Waals surface area contributed by atoms with Gasteiger partial charge in [0.15, 0.2) is 11.5 Å². The summed E-state index contributed by atoms with van der Waals surface area (Å²) >= 11 is 0. The van der Waals surface area contributed by atoms with Crippen molar-refractivity contribution in [2.75, 3.05) is 32.3 Å². The van der Waals surface area contributed by atoms with E-state index in [9.17, 15) is 4.79 Å². The summed E-state index contributed by atoms with van der Waals surface area (Å²) in [5, 5.41) is 2.88. The summed E-state index contributed by atoms with van der Waals surface area (Å²) in [7, 11) is 1.72. The molecule has 2 aliphatic rings. The first-order valence-corrected chi connectivity index (χ1v) is 6.74. The molecule has 0 unspecified atom stereocenters. The van der Waals surface area contributed by atoms with Gasteiger partial charge in [0.25, 0.3) is 0 Å². The molecule has 0 bridgehead atoms. The number of piperidine rings is 1. The van der Waals surface area contributed by atoms with Crippen molar-refractivity contribution in [3.05, 3.63) is 18.2 Å². The van der Waals surface area contributed by atoms with E-state index in [2.05, 4.69) is 5.32 Å². The maximum Gasteiger partial charge on any atom is 0.321 e. The van der Waals surface area contributed by atoms with Crippen LogP contribution in [0.1, 0.15) is 12.8 Å². The van der Waals surface area contributed by atoms with Crippen LogP contribution in [0.5, 0.6) is 11.5 Å². The number of anilines is 1. The number of fused-ring (bicyclic) bond motifs is 1. The first-order chi connectivity index (χ1) is 9.76. The number of methoxy groups -OCH3 is 1. The smallest absolute Gasteiger partial charge is 0.321 e. The molecule has 6 nitrogen and oxygen atoms in total. The Morgan fingerprint density at radius 1 is 1.30 bits per heavy atom. The largest absolute Gasteiger partial charge is 0.454 e. The van der Waals surface area contributed by atoms with Crippen molar-refractivity contribution in [1.82, 2.24) is 4.90 Å². The minimum Gasteiger partial charge on any atom is -0.454 e.